The molecule has 2 aromatic carbocycles. The smallest absolute Gasteiger partial charge is 0.234 e. The summed E-state index contributed by atoms with van der Waals surface area (Å²) in [6.07, 6.45) is 0. The molecule has 5 nitrogen and oxygen atoms in total. The van der Waals surface area contributed by atoms with Gasteiger partial charge in [-0.1, -0.05) is 71.9 Å². The average Bonchev–Trinajstić information content (AvgIpc) is 3.05. The first-order valence-corrected chi connectivity index (χ1v) is 10.9. The predicted molar refractivity (Wildman–Crippen MR) is 119 cm³/mol. The van der Waals surface area contributed by atoms with Gasteiger partial charge in [-0.15, -0.1) is 10.2 Å². The molecule has 1 amide bonds. The maximum atomic E-state index is 12.4. The first-order chi connectivity index (χ1) is 13.4. The molecule has 3 rings (SSSR count). The van der Waals surface area contributed by atoms with E-state index in [9.17, 15) is 4.79 Å². The first kappa shape index (κ1) is 20.6. The second-order valence-electron chi connectivity index (χ2n) is 6.98. The molecule has 146 valence electrons. The van der Waals surface area contributed by atoms with Gasteiger partial charge in [0.1, 0.15) is 0 Å². The molecule has 0 aliphatic heterocycles. The lowest BCUT2D eigenvalue weighted by Gasteiger charge is -2.12. The van der Waals surface area contributed by atoms with Crippen LogP contribution in [0.3, 0.4) is 0 Å². The second-order valence-corrected chi connectivity index (χ2v) is 8.77. The van der Waals surface area contributed by atoms with Gasteiger partial charge in [0.2, 0.25) is 5.91 Å². The topological polar surface area (TPSA) is 59.8 Å². The Morgan fingerprint density at radius 3 is 2.61 bits per heavy atom. The summed E-state index contributed by atoms with van der Waals surface area (Å²) in [5.74, 6) is 1.49. The van der Waals surface area contributed by atoms with Crippen LogP contribution in [0.5, 0.6) is 0 Å². The Balaban J connectivity index is 1.72. The summed E-state index contributed by atoms with van der Waals surface area (Å²) in [5, 5.41) is 12.4. The molecule has 0 bridgehead atoms. The molecular formula is C21H23BrN4OS. The largest absolute Gasteiger partial charge is 0.325 e. The van der Waals surface area contributed by atoms with Crippen LogP contribution in [0.4, 0.5) is 5.69 Å². The fourth-order valence-electron chi connectivity index (χ4n) is 2.78. The zero-order chi connectivity index (χ0) is 20.1. The summed E-state index contributed by atoms with van der Waals surface area (Å²) in [7, 11) is 0. The standard InChI is InChI=1S/C21H23BrN4OS/c1-14(2)12-26-20(16-7-5-4-6-8-16)24-25-21(26)28-13-19(27)23-17-9-10-18(22)15(3)11-17/h4-11,14H,12-13H2,1-3H3,(H,23,27). The SMILES string of the molecule is Cc1cc(NC(=O)CSc2nnc(-c3ccccc3)n2CC(C)C)ccc1Br. The van der Waals surface area contributed by atoms with Crippen molar-refractivity contribution < 1.29 is 4.79 Å². The third-order valence-corrected chi connectivity index (χ3v) is 5.93. The van der Waals surface area contributed by atoms with E-state index >= 15 is 0 Å². The van der Waals surface area contributed by atoms with E-state index in [-0.39, 0.29) is 11.7 Å². The number of nitrogens with one attached hydrogen (secondary N) is 1. The summed E-state index contributed by atoms with van der Waals surface area (Å²) in [5.41, 5.74) is 2.90. The molecule has 1 N–H and O–H groups in total. The molecule has 28 heavy (non-hydrogen) atoms. The predicted octanol–water partition coefficient (Wildman–Crippen LogP) is 5.40. The number of carbonyl (C=O) groups excluding carboxylic acids is 1. The Kier molecular flexibility index (Phi) is 6.91. The van der Waals surface area contributed by atoms with Crippen molar-refractivity contribution in [3.63, 3.8) is 0 Å². The molecule has 1 aromatic heterocycles. The van der Waals surface area contributed by atoms with Gasteiger partial charge in [-0.25, -0.2) is 0 Å². The molecule has 7 heteroatoms. The van der Waals surface area contributed by atoms with Gasteiger partial charge in [0.05, 0.1) is 5.75 Å². The Morgan fingerprint density at radius 2 is 1.93 bits per heavy atom. The number of anilines is 1. The van der Waals surface area contributed by atoms with Crippen LogP contribution < -0.4 is 5.32 Å². The van der Waals surface area contributed by atoms with Crippen LogP contribution in [0.15, 0.2) is 58.2 Å². The van der Waals surface area contributed by atoms with E-state index in [1.165, 1.54) is 11.8 Å². The molecule has 0 aliphatic carbocycles. The van der Waals surface area contributed by atoms with E-state index < -0.39 is 0 Å². The van der Waals surface area contributed by atoms with Crippen molar-refractivity contribution in [1.82, 2.24) is 14.8 Å². The van der Waals surface area contributed by atoms with E-state index in [0.717, 1.165) is 38.8 Å². The maximum absolute atomic E-state index is 12.4. The minimum atomic E-state index is -0.0629. The zero-order valence-corrected chi connectivity index (χ0v) is 18.5. The minimum absolute atomic E-state index is 0.0629. The minimum Gasteiger partial charge on any atom is -0.325 e. The van der Waals surface area contributed by atoms with Gasteiger partial charge in [0.25, 0.3) is 0 Å². The van der Waals surface area contributed by atoms with Crippen molar-refractivity contribution in [1.29, 1.82) is 0 Å². The highest BCUT2D eigenvalue weighted by molar-refractivity contribution is 9.10. The van der Waals surface area contributed by atoms with Crippen LogP contribution in [-0.4, -0.2) is 26.4 Å². The fourth-order valence-corrected chi connectivity index (χ4v) is 3.77. The number of hydrogen-bond donors (Lipinski definition) is 1. The molecule has 0 unspecified atom stereocenters. The summed E-state index contributed by atoms with van der Waals surface area (Å²) >= 11 is 4.88. The second kappa shape index (κ2) is 9.39. The van der Waals surface area contributed by atoms with E-state index in [0.29, 0.717) is 5.92 Å². The Morgan fingerprint density at radius 1 is 1.18 bits per heavy atom. The monoisotopic (exact) mass is 458 g/mol. The Labute approximate surface area is 178 Å². The summed E-state index contributed by atoms with van der Waals surface area (Å²) in [6.45, 7) is 7.11. The molecule has 0 aliphatic rings. The normalized spacial score (nSPS) is 11.0. The molecule has 0 atom stereocenters. The number of nitrogens with zero attached hydrogens (tertiary/aromatic N) is 3. The van der Waals surface area contributed by atoms with E-state index in [1.807, 2.05) is 55.5 Å². The highest BCUT2D eigenvalue weighted by Gasteiger charge is 2.16. The number of benzene rings is 2. The van der Waals surface area contributed by atoms with Crippen molar-refractivity contribution in [3.8, 4) is 11.4 Å². The van der Waals surface area contributed by atoms with Gasteiger partial charge in [-0.2, -0.15) is 0 Å². The van der Waals surface area contributed by atoms with Crippen molar-refractivity contribution in [3.05, 3.63) is 58.6 Å². The zero-order valence-electron chi connectivity index (χ0n) is 16.1. The van der Waals surface area contributed by atoms with Crippen LogP contribution in [0.2, 0.25) is 0 Å². The molecule has 1 heterocycles. The van der Waals surface area contributed by atoms with E-state index in [2.05, 4.69) is 49.9 Å². The number of thioether (sulfide) groups is 1. The van der Waals surface area contributed by atoms with Gasteiger partial charge in [-0.3, -0.25) is 4.79 Å². The molecular weight excluding hydrogens is 436 g/mol. The summed E-state index contributed by atoms with van der Waals surface area (Å²) < 4.78 is 3.12. The molecule has 0 fully saturated rings. The molecule has 0 saturated heterocycles. The van der Waals surface area contributed by atoms with Crippen molar-refractivity contribution in [2.75, 3.05) is 11.1 Å². The lowest BCUT2D eigenvalue weighted by atomic mass is 10.2. The van der Waals surface area contributed by atoms with Crippen molar-refractivity contribution in [2.24, 2.45) is 5.92 Å². The van der Waals surface area contributed by atoms with Crippen LogP contribution in [0, 0.1) is 12.8 Å². The van der Waals surface area contributed by atoms with E-state index in [4.69, 9.17) is 0 Å². The number of aryl methyl sites for hydroxylation is 1. The number of halogens is 1. The molecule has 0 radical (unpaired) electrons. The maximum Gasteiger partial charge on any atom is 0.234 e. The van der Waals surface area contributed by atoms with Gasteiger partial charge in [0.15, 0.2) is 11.0 Å². The number of carbonyl (C=O) groups is 1. The summed E-state index contributed by atoms with van der Waals surface area (Å²) in [4.78, 5) is 12.4. The highest BCUT2D eigenvalue weighted by Crippen LogP contribution is 2.25. The number of aromatic nitrogens is 3. The van der Waals surface area contributed by atoms with Crippen LogP contribution in [-0.2, 0) is 11.3 Å². The Hall–Kier alpha value is -2.12. The lowest BCUT2D eigenvalue weighted by molar-refractivity contribution is -0.113. The van der Waals surface area contributed by atoms with Gasteiger partial charge in [-0.05, 0) is 36.6 Å². The van der Waals surface area contributed by atoms with Crippen molar-refractivity contribution >= 4 is 39.3 Å². The Bertz CT molecular complexity index is 956. The quantitative estimate of drug-likeness (QED) is 0.481. The van der Waals surface area contributed by atoms with Crippen LogP contribution >= 0.6 is 27.7 Å². The third-order valence-electron chi connectivity index (χ3n) is 4.07. The lowest BCUT2D eigenvalue weighted by Crippen LogP contribution is -2.15. The summed E-state index contributed by atoms with van der Waals surface area (Å²) in [6, 6.07) is 15.8. The van der Waals surface area contributed by atoms with Gasteiger partial charge >= 0.3 is 0 Å². The number of amides is 1. The van der Waals surface area contributed by atoms with Gasteiger partial charge in [0, 0.05) is 22.3 Å². The first-order valence-electron chi connectivity index (χ1n) is 9.11. The van der Waals surface area contributed by atoms with Crippen LogP contribution in [0.25, 0.3) is 11.4 Å². The van der Waals surface area contributed by atoms with Crippen molar-refractivity contribution in [2.45, 2.75) is 32.5 Å². The van der Waals surface area contributed by atoms with Crippen LogP contribution in [0.1, 0.15) is 19.4 Å². The van der Waals surface area contributed by atoms with Gasteiger partial charge < -0.3 is 9.88 Å². The molecule has 3 aromatic rings. The van der Waals surface area contributed by atoms with E-state index in [1.54, 1.807) is 0 Å². The average molecular weight is 459 g/mol. The number of rotatable bonds is 7. The molecule has 0 spiro atoms. The highest BCUT2D eigenvalue weighted by atomic mass is 79.9. The third kappa shape index (κ3) is 5.23. The fraction of sp³-hybridized carbons (Fsp3) is 0.286. The molecule has 0 saturated carbocycles. The number of hydrogen-bond acceptors (Lipinski definition) is 4.